The zero-order valence-electron chi connectivity index (χ0n) is 6.12. The van der Waals surface area contributed by atoms with Crippen LogP contribution >= 0.6 is 0 Å². The van der Waals surface area contributed by atoms with Crippen LogP contribution in [-0.4, -0.2) is 23.1 Å². The van der Waals surface area contributed by atoms with Crippen molar-refractivity contribution < 1.29 is 0 Å². The van der Waals surface area contributed by atoms with Crippen LogP contribution in [0, 0.1) is 0 Å². The molecule has 0 spiro atoms. The normalized spacial score (nSPS) is 9.55. The minimum absolute atomic E-state index is 0.559. The lowest BCUT2D eigenvalue weighted by atomic mass is 10.5. The maximum atomic E-state index is 5.38. The SMILES string of the molecule is NCCNc1ncc(N)cn1. The number of nitrogen functional groups attached to an aromatic ring is 1. The molecule has 1 heterocycles. The molecule has 1 aromatic rings. The predicted molar refractivity (Wildman–Crippen MR) is 44.0 cm³/mol. The Kier molecular flexibility index (Phi) is 2.62. The van der Waals surface area contributed by atoms with Crippen molar-refractivity contribution in [2.75, 3.05) is 24.1 Å². The molecule has 5 N–H and O–H groups in total. The summed E-state index contributed by atoms with van der Waals surface area (Å²) in [6, 6.07) is 0. The van der Waals surface area contributed by atoms with Crippen LogP contribution in [0.1, 0.15) is 0 Å². The lowest BCUT2D eigenvalue weighted by Crippen LogP contribution is -2.14. The van der Waals surface area contributed by atoms with Gasteiger partial charge < -0.3 is 16.8 Å². The Morgan fingerprint density at radius 1 is 1.36 bits per heavy atom. The average Bonchev–Trinajstić information content (AvgIpc) is 2.04. The minimum atomic E-state index is 0.559. The molecule has 0 unspecified atom stereocenters. The molecule has 0 aliphatic heterocycles. The van der Waals surface area contributed by atoms with E-state index in [2.05, 4.69) is 15.3 Å². The lowest BCUT2D eigenvalue weighted by molar-refractivity contribution is 0.990. The molecule has 5 heteroatoms. The van der Waals surface area contributed by atoms with E-state index >= 15 is 0 Å². The second-order valence-corrected chi connectivity index (χ2v) is 2.06. The zero-order chi connectivity index (χ0) is 8.10. The van der Waals surface area contributed by atoms with Crippen molar-refractivity contribution >= 4 is 11.6 Å². The lowest BCUT2D eigenvalue weighted by Gasteiger charge is -2.00. The smallest absolute Gasteiger partial charge is 0.222 e. The summed E-state index contributed by atoms with van der Waals surface area (Å²) in [6.45, 7) is 1.23. The van der Waals surface area contributed by atoms with Gasteiger partial charge in [0.1, 0.15) is 0 Å². The third kappa shape index (κ3) is 2.38. The van der Waals surface area contributed by atoms with Crippen molar-refractivity contribution in [2.24, 2.45) is 5.73 Å². The summed E-state index contributed by atoms with van der Waals surface area (Å²) < 4.78 is 0. The molecule has 0 atom stereocenters. The fraction of sp³-hybridized carbons (Fsp3) is 0.333. The molecule has 0 radical (unpaired) electrons. The molecule has 5 nitrogen and oxygen atoms in total. The van der Waals surface area contributed by atoms with Crippen LogP contribution in [0.2, 0.25) is 0 Å². The maximum absolute atomic E-state index is 5.38. The van der Waals surface area contributed by atoms with Gasteiger partial charge in [0, 0.05) is 13.1 Å². The monoisotopic (exact) mass is 153 g/mol. The molecule has 1 rings (SSSR count). The van der Waals surface area contributed by atoms with Gasteiger partial charge in [-0.3, -0.25) is 0 Å². The van der Waals surface area contributed by atoms with E-state index in [1.807, 2.05) is 0 Å². The molecule has 0 fully saturated rings. The van der Waals surface area contributed by atoms with Crippen LogP contribution in [0.5, 0.6) is 0 Å². The quantitative estimate of drug-likeness (QED) is 0.541. The Labute approximate surface area is 64.8 Å². The molecule has 0 saturated heterocycles. The minimum Gasteiger partial charge on any atom is -0.396 e. The average molecular weight is 153 g/mol. The van der Waals surface area contributed by atoms with E-state index in [-0.39, 0.29) is 0 Å². The molecule has 0 amide bonds. The molecule has 0 aromatic carbocycles. The summed E-state index contributed by atoms with van der Waals surface area (Å²) in [6.07, 6.45) is 3.09. The largest absolute Gasteiger partial charge is 0.396 e. The molecule has 60 valence electrons. The summed E-state index contributed by atoms with van der Waals surface area (Å²) in [7, 11) is 0. The van der Waals surface area contributed by atoms with E-state index in [0.29, 0.717) is 24.7 Å². The summed E-state index contributed by atoms with van der Waals surface area (Å²) in [5.74, 6) is 0.560. The van der Waals surface area contributed by atoms with Gasteiger partial charge in [0.2, 0.25) is 5.95 Å². The standard InChI is InChI=1S/C6H11N5/c7-1-2-9-6-10-3-5(8)4-11-6/h3-4H,1-2,7-8H2,(H,9,10,11). The van der Waals surface area contributed by atoms with Crippen molar-refractivity contribution in [1.29, 1.82) is 0 Å². The summed E-state index contributed by atoms with van der Waals surface area (Å²) in [4.78, 5) is 7.83. The second kappa shape index (κ2) is 3.72. The molecule has 0 aliphatic rings. The highest BCUT2D eigenvalue weighted by molar-refractivity contribution is 5.35. The summed E-state index contributed by atoms with van der Waals surface area (Å²) >= 11 is 0. The Morgan fingerprint density at radius 3 is 2.55 bits per heavy atom. The van der Waals surface area contributed by atoms with Crippen LogP contribution in [0.15, 0.2) is 12.4 Å². The Balaban J connectivity index is 2.52. The topological polar surface area (TPSA) is 89.8 Å². The van der Waals surface area contributed by atoms with Crippen molar-refractivity contribution in [3.63, 3.8) is 0 Å². The highest BCUT2D eigenvalue weighted by Crippen LogP contribution is 1.99. The second-order valence-electron chi connectivity index (χ2n) is 2.06. The summed E-state index contributed by atoms with van der Waals surface area (Å²) in [5, 5.41) is 2.92. The molecule has 0 saturated carbocycles. The first-order chi connectivity index (χ1) is 5.33. The number of nitrogens with zero attached hydrogens (tertiary/aromatic N) is 2. The number of hydrogen-bond acceptors (Lipinski definition) is 5. The van der Waals surface area contributed by atoms with Crippen LogP contribution in [-0.2, 0) is 0 Å². The number of nitrogens with two attached hydrogens (primary N) is 2. The van der Waals surface area contributed by atoms with E-state index in [4.69, 9.17) is 11.5 Å². The first-order valence-electron chi connectivity index (χ1n) is 3.34. The van der Waals surface area contributed by atoms with Gasteiger partial charge >= 0.3 is 0 Å². The van der Waals surface area contributed by atoms with Crippen LogP contribution in [0.25, 0.3) is 0 Å². The van der Waals surface area contributed by atoms with Gasteiger partial charge in [-0.05, 0) is 0 Å². The van der Waals surface area contributed by atoms with E-state index in [1.54, 1.807) is 12.4 Å². The van der Waals surface area contributed by atoms with Gasteiger partial charge in [-0.1, -0.05) is 0 Å². The molecular formula is C6H11N5. The fourth-order valence-corrected chi connectivity index (χ4v) is 0.613. The third-order valence-corrected chi connectivity index (χ3v) is 1.10. The first-order valence-corrected chi connectivity index (χ1v) is 3.34. The van der Waals surface area contributed by atoms with Gasteiger partial charge in [0.15, 0.2) is 0 Å². The van der Waals surface area contributed by atoms with Gasteiger partial charge in [0.05, 0.1) is 18.1 Å². The number of rotatable bonds is 3. The highest BCUT2D eigenvalue weighted by atomic mass is 15.1. The van der Waals surface area contributed by atoms with Crippen molar-refractivity contribution in [3.05, 3.63) is 12.4 Å². The van der Waals surface area contributed by atoms with Crippen molar-refractivity contribution in [1.82, 2.24) is 9.97 Å². The fourth-order valence-electron chi connectivity index (χ4n) is 0.613. The predicted octanol–water partition coefficient (Wildman–Crippen LogP) is -0.571. The van der Waals surface area contributed by atoms with Gasteiger partial charge in [-0.15, -0.1) is 0 Å². The van der Waals surface area contributed by atoms with Crippen LogP contribution < -0.4 is 16.8 Å². The maximum Gasteiger partial charge on any atom is 0.222 e. The van der Waals surface area contributed by atoms with Gasteiger partial charge in [0.25, 0.3) is 0 Å². The van der Waals surface area contributed by atoms with E-state index < -0.39 is 0 Å². The van der Waals surface area contributed by atoms with E-state index in [0.717, 1.165) is 0 Å². The van der Waals surface area contributed by atoms with Crippen molar-refractivity contribution in [2.45, 2.75) is 0 Å². The molecule has 11 heavy (non-hydrogen) atoms. The van der Waals surface area contributed by atoms with E-state index in [1.165, 1.54) is 0 Å². The highest BCUT2D eigenvalue weighted by Gasteiger charge is 1.91. The number of hydrogen-bond donors (Lipinski definition) is 3. The Morgan fingerprint density at radius 2 is 2.00 bits per heavy atom. The first kappa shape index (κ1) is 7.74. The van der Waals surface area contributed by atoms with Crippen LogP contribution in [0.4, 0.5) is 11.6 Å². The van der Waals surface area contributed by atoms with Crippen LogP contribution in [0.3, 0.4) is 0 Å². The van der Waals surface area contributed by atoms with Gasteiger partial charge in [-0.2, -0.15) is 0 Å². The Bertz CT molecular complexity index is 207. The number of anilines is 2. The number of nitrogens with one attached hydrogen (secondary N) is 1. The third-order valence-electron chi connectivity index (χ3n) is 1.10. The van der Waals surface area contributed by atoms with Gasteiger partial charge in [-0.25, -0.2) is 9.97 Å². The molecular weight excluding hydrogens is 142 g/mol. The van der Waals surface area contributed by atoms with E-state index in [9.17, 15) is 0 Å². The molecule has 0 aliphatic carbocycles. The summed E-state index contributed by atoms with van der Waals surface area (Å²) in [5.41, 5.74) is 11.2. The van der Waals surface area contributed by atoms with Crippen molar-refractivity contribution in [3.8, 4) is 0 Å². The zero-order valence-corrected chi connectivity index (χ0v) is 6.12. The molecule has 0 bridgehead atoms. The Hall–Kier alpha value is -1.36. The molecule has 1 aromatic heterocycles. The number of aromatic nitrogens is 2.